The zero-order valence-electron chi connectivity index (χ0n) is 11.2. The van der Waals surface area contributed by atoms with Crippen LogP contribution in [0, 0.1) is 0 Å². The van der Waals surface area contributed by atoms with Gasteiger partial charge in [0.15, 0.2) is 6.04 Å². The second kappa shape index (κ2) is 6.73. The summed E-state index contributed by atoms with van der Waals surface area (Å²) < 4.78 is 10.9. The summed E-state index contributed by atoms with van der Waals surface area (Å²) in [5, 5.41) is 0. The minimum absolute atomic E-state index is 0.476. The maximum absolute atomic E-state index is 5.48. The van der Waals surface area contributed by atoms with Crippen LogP contribution in [-0.4, -0.2) is 39.5 Å². The van der Waals surface area contributed by atoms with E-state index in [0.717, 1.165) is 38.6 Å². The SMILES string of the molecule is CCOc1ccc([C@H](C[NH3+])[NH+]2CCOCC2)cc1. The van der Waals surface area contributed by atoms with Crippen molar-refractivity contribution in [3.05, 3.63) is 29.8 Å². The lowest BCUT2D eigenvalue weighted by atomic mass is 10.0. The lowest BCUT2D eigenvalue weighted by molar-refractivity contribution is -0.944. The van der Waals surface area contributed by atoms with Gasteiger partial charge in [0.1, 0.15) is 25.4 Å². The van der Waals surface area contributed by atoms with E-state index in [1.165, 1.54) is 5.56 Å². The zero-order chi connectivity index (χ0) is 12.8. The number of nitrogens with one attached hydrogen (secondary N) is 1. The number of rotatable bonds is 5. The first kappa shape index (κ1) is 13.3. The van der Waals surface area contributed by atoms with Crippen LogP contribution in [0.25, 0.3) is 0 Å². The standard InChI is InChI=1S/C14H22N2O2/c1-2-18-13-5-3-12(4-6-13)14(11-15)16-7-9-17-10-8-16/h3-6,14H,2,7-11,15H2,1H3/p+2/t14-/m0/s1. The van der Waals surface area contributed by atoms with E-state index < -0.39 is 0 Å². The predicted molar refractivity (Wildman–Crippen MR) is 69.6 cm³/mol. The summed E-state index contributed by atoms with van der Waals surface area (Å²) in [5.74, 6) is 0.945. The van der Waals surface area contributed by atoms with Gasteiger partial charge in [0.2, 0.25) is 0 Å². The molecule has 0 bridgehead atoms. The quantitative estimate of drug-likeness (QED) is 0.727. The predicted octanol–water partition coefficient (Wildman–Crippen LogP) is -0.717. The highest BCUT2D eigenvalue weighted by molar-refractivity contribution is 5.28. The van der Waals surface area contributed by atoms with Gasteiger partial charge in [0.05, 0.1) is 19.8 Å². The fraction of sp³-hybridized carbons (Fsp3) is 0.571. The number of benzene rings is 1. The highest BCUT2D eigenvalue weighted by atomic mass is 16.5. The second-order valence-corrected chi connectivity index (χ2v) is 4.61. The van der Waals surface area contributed by atoms with Gasteiger partial charge in [-0.3, -0.25) is 0 Å². The molecule has 18 heavy (non-hydrogen) atoms. The summed E-state index contributed by atoms with van der Waals surface area (Å²) in [6, 6.07) is 8.93. The molecule has 0 amide bonds. The van der Waals surface area contributed by atoms with E-state index in [0.29, 0.717) is 12.6 Å². The fourth-order valence-electron chi connectivity index (χ4n) is 2.55. The van der Waals surface area contributed by atoms with E-state index in [9.17, 15) is 0 Å². The molecule has 2 rings (SSSR count). The molecule has 1 aliphatic rings. The van der Waals surface area contributed by atoms with E-state index in [4.69, 9.17) is 9.47 Å². The number of morpholine rings is 1. The third-order valence-corrected chi connectivity index (χ3v) is 3.51. The molecule has 0 radical (unpaired) electrons. The van der Waals surface area contributed by atoms with E-state index in [1.54, 1.807) is 4.90 Å². The molecule has 0 spiro atoms. The summed E-state index contributed by atoms with van der Waals surface area (Å²) >= 11 is 0. The number of hydrogen-bond acceptors (Lipinski definition) is 2. The van der Waals surface area contributed by atoms with Gasteiger partial charge in [-0.2, -0.15) is 0 Å². The molecular weight excluding hydrogens is 228 g/mol. The molecule has 4 N–H and O–H groups in total. The van der Waals surface area contributed by atoms with Crippen molar-refractivity contribution in [1.29, 1.82) is 0 Å². The van der Waals surface area contributed by atoms with Crippen molar-refractivity contribution in [2.75, 3.05) is 39.5 Å². The number of ether oxygens (including phenoxy) is 2. The van der Waals surface area contributed by atoms with Gasteiger partial charge < -0.3 is 20.1 Å². The van der Waals surface area contributed by atoms with Crippen LogP contribution < -0.4 is 15.4 Å². The van der Waals surface area contributed by atoms with Gasteiger partial charge in [-0.25, -0.2) is 0 Å². The first-order valence-corrected chi connectivity index (χ1v) is 6.79. The minimum Gasteiger partial charge on any atom is -0.494 e. The lowest BCUT2D eigenvalue weighted by Crippen LogP contribution is -3.15. The van der Waals surface area contributed by atoms with Gasteiger partial charge in [-0.1, -0.05) is 0 Å². The highest BCUT2D eigenvalue weighted by Gasteiger charge is 2.26. The maximum Gasteiger partial charge on any atom is 0.163 e. The van der Waals surface area contributed by atoms with Crippen molar-refractivity contribution in [2.45, 2.75) is 13.0 Å². The molecule has 1 heterocycles. The van der Waals surface area contributed by atoms with Crippen LogP contribution in [0.2, 0.25) is 0 Å². The average molecular weight is 252 g/mol. The van der Waals surface area contributed by atoms with E-state index in [2.05, 4.69) is 30.0 Å². The smallest absolute Gasteiger partial charge is 0.163 e. The topological polar surface area (TPSA) is 50.5 Å². The Hall–Kier alpha value is -1.10. The summed E-state index contributed by atoms with van der Waals surface area (Å²) in [6.45, 7) is 7.52. The largest absolute Gasteiger partial charge is 0.494 e. The second-order valence-electron chi connectivity index (χ2n) is 4.61. The van der Waals surface area contributed by atoms with Gasteiger partial charge in [-0.05, 0) is 31.2 Å². The Kier molecular flexibility index (Phi) is 4.99. The molecule has 0 aromatic heterocycles. The third-order valence-electron chi connectivity index (χ3n) is 3.51. The molecule has 1 aliphatic heterocycles. The fourth-order valence-corrected chi connectivity index (χ4v) is 2.55. The van der Waals surface area contributed by atoms with E-state index >= 15 is 0 Å². The summed E-state index contributed by atoms with van der Waals surface area (Å²) in [5.41, 5.74) is 5.46. The van der Waals surface area contributed by atoms with Crippen molar-refractivity contribution in [3.8, 4) is 5.75 Å². The van der Waals surface area contributed by atoms with Crippen molar-refractivity contribution in [2.24, 2.45) is 0 Å². The van der Waals surface area contributed by atoms with Crippen LogP contribution >= 0.6 is 0 Å². The van der Waals surface area contributed by atoms with Crippen LogP contribution in [0.15, 0.2) is 24.3 Å². The van der Waals surface area contributed by atoms with Crippen molar-refractivity contribution in [3.63, 3.8) is 0 Å². The van der Waals surface area contributed by atoms with E-state index in [-0.39, 0.29) is 0 Å². The average Bonchev–Trinajstić information content (AvgIpc) is 2.43. The highest BCUT2D eigenvalue weighted by Crippen LogP contribution is 2.15. The van der Waals surface area contributed by atoms with Gasteiger partial charge in [-0.15, -0.1) is 0 Å². The first-order chi connectivity index (χ1) is 8.85. The molecule has 0 saturated carbocycles. The van der Waals surface area contributed by atoms with Crippen molar-refractivity contribution in [1.82, 2.24) is 0 Å². The van der Waals surface area contributed by atoms with Crippen LogP contribution in [0.5, 0.6) is 5.75 Å². The van der Waals surface area contributed by atoms with Crippen LogP contribution in [0.4, 0.5) is 0 Å². The Morgan fingerprint density at radius 2 is 1.94 bits per heavy atom. The molecule has 1 atom stereocenters. The monoisotopic (exact) mass is 252 g/mol. The molecule has 1 saturated heterocycles. The van der Waals surface area contributed by atoms with Gasteiger partial charge >= 0.3 is 0 Å². The van der Waals surface area contributed by atoms with Crippen molar-refractivity contribution < 1.29 is 20.1 Å². The molecule has 1 aromatic carbocycles. The first-order valence-electron chi connectivity index (χ1n) is 6.79. The van der Waals surface area contributed by atoms with Crippen molar-refractivity contribution >= 4 is 0 Å². The number of hydrogen-bond donors (Lipinski definition) is 2. The Labute approximate surface area is 109 Å². The molecule has 0 unspecified atom stereocenters. The van der Waals surface area contributed by atoms with Crippen LogP contribution in [0.1, 0.15) is 18.5 Å². The number of quaternary nitrogens is 2. The van der Waals surface area contributed by atoms with Gasteiger partial charge in [0, 0.05) is 5.56 Å². The van der Waals surface area contributed by atoms with Crippen LogP contribution in [0.3, 0.4) is 0 Å². The Morgan fingerprint density at radius 1 is 1.28 bits per heavy atom. The van der Waals surface area contributed by atoms with Gasteiger partial charge in [0.25, 0.3) is 0 Å². The Balaban J connectivity index is 2.06. The normalized spacial score (nSPS) is 18.6. The summed E-state index contributed by atoms with van der Waals surface area (Å²) in [7, 11) is 0. The molecule has 1 aromatic rings. The third kappa shape index (κ3) is 3.22. The zero-order valence-corrected chi connectivity index (χ0v) is 11.2. The minimum atomic E-state index is 0.476. The van der Waals surface area contributed by atoms with Crippen LogP contribution in [-0.2, 0) is 4.74 Å². The lowest BCUT2D eigenvalue weighted by Gasteiger charge is -2.29. The molecule has 4 nitrogen and oxygen atoms in total. The molecule has 4 heteroatoms. The molecular formula is C14H24N2O2+2. The molecule has 0 aliphatic carbocycles. The summed E-state index contributed by atoms with van der Waals surface area (Å²) in [6.07, 6.45) is 0. The Morgan fingerprint density at radius 3 is 2.50 bits per heavy atom. The van der Waals surface area contributed by atoms with E-state index in [1.807, 2.05) is 6.92 Å². The summed E-state index contributed by atoms with van der Waals surface area (Å²) in [4.78, 5) is 1.58. The Bertz CT molecular complexity index is 347. The molecule has 100 valence electrons. The maximum atomic E-state index is 5.48. The molecule has 1 fully saturated rings.